The summed E-state index contributed by atoms with van der Waals surface area (Å²) in [5.74, 6) is -0.0625. The first kappa shape index (κ1) is 17.2. The van der Waals surface area contributed by atoms with E-state index in [1.54, 1.807) is 14.1 Å². The Balaban J connectivity index is 2.67. The normalized spacial score (nSPS) is 12.0. The highest BCUT2D eigenvalue weighted by Crippen LogP contribution is 2.19. The van der Waals surface area contributed by atoms with E-state index in [-0.39, 0.29) is 17.9 Å². The number of nitrogens with one attached hydrogen (secondary N) is 1. The molecule has 116 valence electrons. The number of benzene rings is 1. The number of carbonyl (C=O) groups is 2. The van der Waals surface area contributed by atoms with Crippen molar-refractivity contribution in [2.24, 2.45) is 0 Å². The van der Waals surface area contributed by atoms with Crippen molar-refractivity contribution in [1.82, 2.24) is 15.1 Å². The monoisotopic (exact) mass is 291 g/mol. The molecule has 0 saturated carbocycles. The largest absolute Gasteiger partial charge is 0.354 e. The van der Waals surface area contributed by atoms with Gasteiger partial charge in [-0.2, -0.15) is 0 Å². The summed E-state index contributed by atoms with van der Waals surface area (Å²) < 4.78 is 0. The molecular formula is C16H25N3O2. The maximum Gasteiger partial charge on any atom is 0.241 e. The molecule has 1 atom stereocenters. The Kier molecular flexibility index (Phi) is 6.88. The van der Waals surface area contributed by atoms with Crippen molar-refractivity contribution in [2.75, 3.05) is 34.2 Å². The molecule has 5 nitrogen and oxygen atoms in total. The van der Waals surface area contributed by atoms with Crippen LogP contribution in [-0.4, -0.2) is 55.8 Å². The van der Waals surface area contributed by atoms with E-state index >= 15 is 0 Å². The number of likely N-dealkylation sites (N-methyl/N-ethyl adjacent to an activating group) is 1. The highest BCUT2D eigenvalue weighted by Gasteiger charge is 2.23. The van der Waals surface area contributed by atoms with Gasteiger partial charge in [0.25, 0.3) is 0 Å². The SMILES string of the molecule is CCN(C)[C@@H](C(=O)NCCC(=O)N(C)C)c1ccccc1. The summed E-state index contributed by atoms with van der Waals surface area (Å²) in [6.45, 7) is 3.14. The van der Waals surface area contributed by atoms with Crippen LogP contribution in [0.1, 0.15) is 24.9 Å². The number of carbonyl (C=O) groups excluding carboxylic acids is 2. The van der Waals surface area contributed by atoms with Crippen LogP contribution in [0.4, 0.5) is 0 Å². The molecular weight excluding hydrogens is 266 g/mol. The molecule has 1 aromatic rings. The zero-order chi connectivity index (χ0) is 15.8. The van der Waals surface area contributed by atoms with Gasteiger partial charge in [-0.15, -0.1) is 0 Å². The fraction of sp³-hybridized carbons (Fsp3) is 0.500. The van der Waals surface area contributed by atoms with Crippen LogP contribution in [0.3, 0.4) is 0 Å². The lowest BCUT2D eigenvalue weighted by Gasteiger charge is -2.26. The molecule has 0 fully saturated rings. The molecule has 1 N–H and O–H groups in total. The first-order chi connectivity index (χ1) is 9.97. The first-order valence-electron chi connectivity index (χ1n) is 7.20. The maximum absolute atomic E-state index is 12.4. The molecule has 21 heavy (non-hydrogen) atoms. The number of nitrogens with zero attached hydrogens (tertiary/aromatic N) is 2. The van der Waals surface area contributed by atoms with E-state index < -0.39 is 0 Å². The maximum atomic E-state index is 12.4. The van der Waals surface area contributed by atoms with E-state index in [2.05, 4.69) is 5.32 Å². The molecule has 0 heterocycles. The average molecular weight is 291 g/mol. The molecule has 1 rings (SSSR count). The Bertz CT molecular complexity index is 460. The van der Waals surface area contributed by atoms with Gasteiger partial charge >= 0.3 is 0 Å². The van der Waals surface area contributed by atoms with Crippen molar-refractivity contribution in [3.63, 3.8) is 0 Å². The summed E-state index contributed by atoms with van der Waals surface area (Å²) in [6.07, 6.45) is 0.316. The highest BCUT2D eigenvalue weighted by atomic mass is 16.2. The topological polar surface area (TPSA) is 52.7 Å². The van der Waals surface area contributed by atoms with Crippen molar-refractivity contribution < 1.29 is 9.59 Å². The first-order valence-corrected chi connectivity index (χ1v) is 7.20. The number of amides is 2. The second-order valence-electron chi connectivity index (χ2n) is 5.22. The van der Waals surface area contributed by atoms with Gasteiger partial charge < -0.3 is 10.2 Å². The summed E-state index contributed by atoms with van der Waals surface area (Å²) in [7, 11) is 5.34. The van der Waals surface area contributed by atoms with Gasteiger partial charge in [-0.05, 0) is 19.2 Å². The van der Waals surface area contributed by atoms with Crippen LogP contribution in [0, 0.1) is 0 Å². The number of hydrogen-bond acceptors (Lipinski definition) is 3. The van der Waals surface area contributed by atoms with Gasteiger partial charge in [0.15, 0.2) is 0 Å². The van der Waals surface area contributed by atoms with Crippen LogP contribution < -0.4 is 5.32 Å². The molecule has 2 amide bonds. The molecule has 0 aliphatic heterocycles. The predicted molar refractivity (Wildman–Crippen MR) is 83.8 cm³/mol. The lowest BCUT2D eigenvalue weighted by atomic mass is 10.0. The van der Waals surface area contributed by atoms with Crippen molar-refractivity contribution >= 4 is 11.8 Å². The van der Waals surface area contributed by atoms with Gasteiger partial charge in [0, 0.05) is 27.1 Å². The Morgan fingerprint density at radius 1 is 1.14 bits per heavy atom. The van der Waals surface area contributed by atoms with Crippen molar-refractivity contribution in [1.29, 1.82) is 0 Å². The molecule has 0 spiro atoms. The van der Waals surface area contributed by atoms with Crippen LogP contribution in [0.2, 0.25) is 0 Å². The summed E-state index contributed by atoms with van der Waals surface area (Å²) in [4.78, 5) is 27.4. The standard InChI is InChI=1S/C16H25N3O2/c1-5-19(4)15(13-9-7-6-8-10-13)16(21)17-12-11-14(20)18(2)3/h6-10,15H,5,11-12H2,1-4H3,(H,17,21)/t15-/m1/s1. The number of hydrogen-bond donors (Lipinski definition) is 1. The third-order valence-corrected chi connectivity index (χ3v) is 3.44. The lowest BCUT2D eigenvalue weighted by molar-refractivity contribution is -0.129. The molecule has 0 unspecified atom stereocenters. The molecule has 0 aliphatic carbocycles. The highest BCUT2D eigenvalue weighted by molar-refractivity contribution is 5.84. The van der Waals surface area contributed by atoms with Crippen LogP contribution >= 0.6 is 0 Å². The quantitative estimate of drug-likeness (QED) is 0.823. The van der Waals surface area contributed by atoms with E-state index in [0.717, 1.165) is 12.1 Å². The minimum absolute atomic E-state index is 0.00964. The zero-order valence-electron chi connectivity index (χ0n) is 13.3. The lowest BCUT2D eigenvalue weighted by Crippen LogP contribution is -2.40. The van der Waals surface area contributed by atoms with Gasteiger partial charge in [0.2, 0.25) is 11.8 Å². The Hall–Kier alpha value is -1.88. The Morgan fingerprint density at radius 2 is 1.76 bits per heavy atom. The molecule has 0 aromatic heterocycles. The summed E-state index contributed by atoms with van der Waals surface area (Å²) in [5, 5.41) is 2.85. The summed E-state index contributed by atoms with van der Waals surface area (Å²) in [5.41, 5.74) is 0.957. The van der Waals surface area contributed by atoms with Crippen LogP contribution in [0.25, 0.3) is 0 Å². The molecule has 0 saturated heterocycles. The molecule has 0 aliphatic rings. The van der Waals surface area contributed by atoms with E-state index in [0.29, 0.717) is 13.0 Å². The van der Waals surface area contributed by atoms with Crippen molar-refractivity contribution in [2.45, 2.75) is 19.4 Å². The predicted octanol–water partition coefficient (Wildman–Crippen LogP) is 1.27. The van der Waals surface area contributed by atoms with E-state index in [1.807, 2.05) is 49.2 Å². The fourth-order valence-corrected chi connectivity index (χ4v) is 2.04. The van der Waals surface area contributed by atoms with Gasteiger partial charge in [-0.1, -0.05) is 37.3 Å². The van der Waals surface area contributed by atoms with E-state index in [1.165, 1.54) is 4.90 Å². The van der Waals surface area contributed by atoms with E-state index in [9.17, 15) is 9.59 Å². The second kappa shape index (κ2) is 8.42. The molecule has 0 radical (unpaired) electrons. The van der Waals surface area contributed by atoms with Crippen molar-refractivity contribution in [3.05, 3.63) is 35.9 Å². The van der Waals surface area contributed by atoms with E-state index in [4.69, 9.17) is 0 Å². The smallest absolute Gasteiger partial charge is 0.241 e. The summed E-state index contributed by atoms with van der Waals surface area (Å²) in [6, 6.07) is 9.34. The molecule has 0 bridgehead atoms. The minimum atomic E-state index is -0.328. The average Bonchev–Trinajstić information content (AvgIpc) is 2.48. The molecule has 1 aromatic carbocycles. The second-order valence-corrected chi connectivity index (χ2v) is 5.22. The Morgan fingerprint density at radius 3 is 2.29 bits per heavy atom. The van der Waals surface area contributed by atoms with Crippen LogP contribution in [-0.2, 0) is 9.59 Å². The zero-order valence-corrected chi connectivity index (χ0v) is 13.3. The van der Waals surface area contributed by atoms with Crippen molar-refractivity contribution in [3.8, 4) is 0 Å². The van der Waals surface area contributed by atoms with Crippen LogP contribution in [0.5, 0.6) is 0 Å². The third-order valence-electron chi connectivity index (χ3n) is 3.44. The van der Waals surface area contributed by atoms with Gasteiger partial charge in [-0.3, -0.25) is 14.5 Å². The Labute approximate surface area is 126 Å². The van der Waals surface area contributed by atoms with Gasteiger partial charge in [0.1, 0.15) is 6.04 Å². The molecule has 5 heteroatoms. The third kappa shape index (κ3) is 5.19. The van der Waals surface area contributed by atoms with Gasteiger partial charge in [-0.25, -0.2) is 0 Å². The minimum Gasteiger partial charge on any atom is -0.354 e. The fourth-order valence-electron chi connectivity index (χ4n) is 2.04. The van der Waals surface area contributed by atoms with Crippen LogP contribution in [0.15, 0.2) is 30.3 Å². The number of rotatable bonds is 7. The van der Waals surface area contributed by atoms with Gasteiger partial charge in [0.05, 0.1) is 0 Å². The summed E-state index contributed by atoms with van der Waals surface area (Å²) >= 11 is 0.